The number of Topliss-reactive ketones (excluding diaryl/α,β-unsaturated/α-hetero) is 1. The predicted octanol–water partition coefficient (Wildman–Crippen LogP) is 4.30. The molecule has 0 aliphatic rings. The van der Waals surface area contributed by atoms with Crippen molar-refractivity contribution in [2.45, 2.75) is 19.4 Å². The number of rotatable bonds is 10. The lowest BCUT2D eigenvalue weighted by Crippen LogP contribution is -2.21. The number of benzene rings is 3. The summed E-state index contributed by atoms with van der Waals surface area (Å²) >= 11 is 0. The summed E-state index contributed by atoms with van der Waals surface area (Å²) in [5, 5.41) is 4.87. The van der Waals surface area contributed by atoms with E-state index in [1.807, 2.05) is 48.5 Å². The van der Waals surface area contributed by atoms with E-state index < -0.39 is 0 Å². The van der Waals surface area contributed by atoms with E-state index in [-0.39, 0.29) is 18.2 Å². The van der Waals surface area contributed by atoms with E-state index in [0.29, 0.717) is 19.6 Å². The molecular formula is C24H25NO4. The highest BCUT2D eigenvalue weighted by Crippen LogP contribution is 2.35. The second-order valence-corrected chi connectivity index (χ2v) is 6.86. The highest BCUT2D eigenvalue weighted by Gasteiger charge is 2.14. The normalized spacial score (nSPS) is 11.8. The SMILES string of the molecule is COCCOc1ccc(-c2ccc(C(CC(C)=O)NC=O)cc2)c2ccccc12. The smallest absolute Gasteiger partial charge is 0.207 e. The maximum atomic E-state index is 11.5. The van der Waals surface area contributed by atoms with Gasteiger partial charge >= 0.3 is 0 Å². The molecule has 0 bridgehead atoms. The molecule has 1 unspecified atom stereocenters. The van der Waals surface area contributed by atoms with Gasteiger partial charge in [-0.05, 0) is 35.1 Å². The van der Waals surface area contributed by atoms with Crippen LogP contribution in [0.1, 0.15) is 24.9 Å². The minimum atomic E-state index is -0.313. The van der Waals surface area contributed by atoms with Crippen molar-refractivity contribution in [1.29, 1.82) is 0 Å². The molecule has 3 aromatic carbocycles. The summed E-state index contributed by atoms with van der Waals surface area (Å²) in [6.45, 7) is 2.56. The summed E-state index contributed by atoms with van der Waals surface area (Å²) in [6.07, 6.45) is 0.909. The van der Waals surface area contributed by atoms with E-state index in [1.165, 1.54) is 6.92 Å². The first-order chi connectivity index (χ1) is 14.1. The van der Waals surface area contributed by atoms with Crippen LogP contribution in [-0.2, 0) is 14.3 Å². The number of carbonyl (C=O) groups is 2. The number of ketones is 1. The van der Waals surface area contributed by atoms with Crippen LogP contribution >= 0.6 is 0 Å². The second kappa shape index (κ2) is 9.85. The fourth-order valence-electron chi connectivity index (χ4n) is 3.42. The molecule has 0 heterocycles. The Balaban J connectivity index is 1.93. The molecular weight excluding hydrogens is 366 g/mol. The maximum Gasteiger partial charge on any atom is 0.207 e. The van der Waals surface area contributed by atoms with E-state index in [2.05, 4.69) is 17.4 Å². The number of amides is 1. The number of methoxy groups -OCH3 is 1. The maximum absolute atomic E-state index is 11.5. The third-order valence-corrected chi connectivity index (χ3v) is 4.81. The molecule has 0 saturated carbocycles. The van der Waals surface area contributed by atoms with Crippen molar-refractivity contribution in [1.82, 2.24) is 5.32 Å². The molecule has 1 N–H and O–H groups in total. The van der Waals surface area contributed by atoms with Gasteiger partial charge in [-0.1, -0.05) is 54.6 Å². The van der Waals surface area contributed by atoms with Gasteiger partial charge < -0.3 is 14.8 Å². The van der Waals surface area contributed by atoms with Gasteiger partial charge in [-0.3, -0.25) is 9.59 Å². The minimum absolute atomic E-state index is 0.0310. The molecule has 0 spiro atoms. The van der Waals surface area contributed by atoms with Gasteiger partial charge in [-0.2, -0.15) is 0 Å². The van der Waals surface area contributed by atoms with Crippen LogP contribution in [0.2, 0.25) is 0 Å². The number of nitrogens with one attached hydrogen (secondary N) is 1. The van der Waals surface area contributed by atoms with Gasteiger partial charge in [0.2, 0.25) is 6.41 Å². The van der Waals surface area contributed by atoms with Gasteiger partial charge in [-0.25, -0.2) is 0 Å². The topological polar surface area (TPSA) is 64.6 Å². The third-order valence-electron chi connectivity index (χ3n) is 4.81. The number of ether oxygens (including phenoxy) is 2. The zero-order valence-electron chi connectivity index (χ0n) is 16.7. The summed E-state index contributed by atoms with van der Waals surface area (Å²) in [4.78, 5) is 22.4. The van der Waals surface area contributed by atoms with Gasteiger partial charge in [-0.15, -0.1) is 0 Å². The van der Waals surface area contributed by atoms with Crippen molar-refractivity contribution < 1.29 is 19.1 Å². The Morgan fingerprint density at radius 1 is 1.00 bits per heavy atom. The zero-order chi connectivity index (χ0) is 20.6. The average molecular weight is 391 g/mol. The first kappa shape index (κ1) is 20.6. The third kappa shape index (κ3) is 5.00. The molecule has 150 valence electrons. The van der Waals surface area contributed by atoms with Crippen LogP contribution in [0, 0.1) is 0 Å². The summed E-state index contributed by atoms with van der Waals surface area (Å²) in [6, 6.07) is 19.8. The van der Waals surface area contributed by atoms with Crippen molar-refractivity contribution in [2.75, 3.05) is 20.3 Å². The van der Waals surface area contributed by atoms with Crippen molar-refractivity contribution in [3.8, 4) is 16.9 Å². The van der Waals surface area contributed by atoms with Crippen LogP contribution in [0.5, 0.6) is 5.75 Å². The standard InChI is InChI=1S/C24H25NO4/c1-17(27)15-23(25-16-26)19-9-7-18(8-10-19)20-11-12-24(29-14-13-28-2)22-6-4-3-5-21(20)22/h3-12,16,23H,13-15H2,1-2H3,(H,25,26). The summed E-state index contributed by atoms with van der Waals surface area (Å²) in [5.41, 5.74) is 3.05. The number of hydrogen-bond donors (Lipinski definition) is 1. The number of fused-ring (bicyclic) bond motifs is 1. The lowest BCUT2D eigenvalue weighted by Gasteiger charge is -2.16. The Kier molecular flexibility index (Phi) is 6.98. The molecule has 0 aromatic heterocycles. The van der Waals surface area contributed by atoms with E-state index in [1.54, 1.807) is 7.11 Å². The minimum Gasteiger partial charge on any atom is -0.491 e. The average Bonchev–Trinajstić information content (AvgIpc) is 2.73. The Labute approximate surface area is 170 Å². The molecule has 5 nitrogen and oxygen atoms in total. The summed E-state index contributed by atoms with van der Waals surface area (Å²) in [7, 11) is 1.65. The second-order valence-electron chi connectivity index (χ2n) is 6.86. The quantitative estimate of drug-likeness (QED) is 0.413. The van der Waals surface area contributed by atoms with Crippen LogP contribution in [0.3, 0.4) is 0 Å². The highest BCUT2D eigenvalue weighted by atomic mass is 16.5. The summed E-state index contributed by atoms with van der Waals surface area (Å²) in [5.74, 6) is 0.859. The van der Waals surface area contributed by atoms with Gasteiger partial charge in [0.1, 0.15) is 18.1 Å². The molecule has 0 saturated heterocycles. The molecule has 1 atom stereocenters. The first-order valence-corrected chi connectivity index (χ1v) is 9.57. The highest BCUT2D eigenvalue weighted by molar-refractivity contribution is 6.00. The monoisotopic (exact) mass is 391 g/mol. The molecule has 0 aliphatic carbocycles. The number of hydrogen-bond acceptors (Lipinski definition) is 4. The van der Waals surface area contributed by atoms with E-state index >= 15 is 0 Å². The van der Waals surface area contributed by atoms with Crippen LogP contribution in [-0.4, -0.2) is 32.5 Å². The Bertz CT molecular complexity index is 982. The molecule has 0 fully saturated rings. The zero-order valence-corrected chi connectivity index (χ0v) is 16.7. The first-order valence-electron chi connectivity index (χ1n) is 9.57. The largest absolute Gasteiger partial charge is 0.491 e. The predicted molar refractivity (Wildman–Crippen MR) is 114 cm³/mol. The lowest BCUT2D eigenvalue weighted by molar-refractivity contribution is -0.117. The van der Waals surface area contributed by atoms with Crippen LogP contribution < -0.4 is 10.1 Å². The fraction of sp³-hybridized carbons (Fsp3) is 0.250. The van der Waals surface area contributed by atoms with Crippen molar-refractivity contribution in [2.24, 2.45) is 0 Å². The van der Waals surface area contributed by atoms with Crippen LogP contribution in [0.25, 0.3) is 21.9 Å². The van der Waals surface area contributed by atoms with Crippen LogP contribution in [0.4, 0.5) is 0 Å². The van der Waals surface area contributed by atoms with Gasteiger partial charge in [0, 0.05) is 18.9 Å². The number of carbonyl (C=O) groups excluding carboxylic acids is 2. The lowest BCUT2D eigenvalue weighted by atomic mass is 9.95. The van der Waals surface area contributed by atoms with Crippen LogP contribution in [0.15, 0.2) is 60.7 Å². The molecule has 0 aliphatic heterocycles. The van der Waals surface area contributed by atoms with E-state index in [4.69, 9.17) is 9.47 Å². The Morgan fingerprint density at radius 2 is 1.72 bits per heavy atom. The van der Waals surface area contributed by atoms with Gasteiger partial charge in [0.15, 0.2) is 0 Å². The Hall–Kier alpha value is -3.18. The van der Waals surface area contributed by atoms with E-state index in [0.717, 1.165) is 33.2 Å². The molecule has 3 aromatic rings. The van der Waals surface area contributed by atoms with E-state index in [9.17, 15) is 9.59 Å². The molecule has 1 amide bonds. The van der Waals surface area contributed by atoms with Crippen molar-refractivity contribution in [3.63, 3.8) is 0 Å². The molecule has 5 heteroatoms. The summed E-state index contributed by atoms with van der Waals surface area (Å²) < 4.78 is 10.9. The van der Waals surface area contributed by atoms with Gasteiger partial charge in [0.05, 0.1) is 12.6 Å². The fourth-order valence-corrected chi connectivity index (χ4v) is 3.42. The van der Waals surface area contributed by atoms with Gasteiger partial charge in [0.25, 0.3) is 0 Å². The molecule has 3 rings (SSSR count). The molecule has 29 heavy (non-hydrogen) atoms. The Morgan fingerprint density at radius 3 is 2.38 bits per heavy atom. The van der Waals surface area contributed by atoms with Crippen molar-refractivity contribution >= 4 is 23.0 Å². The molecule has 0 radical (unpaired) electrons. The van der Waals surface area contributed by atoms with Crippen molar-refractivity contribution in [3.05, 3.63) is 66.2 Å².